The third-order valence-electron chi connectivity index (χ3n) is 2.65. The molecule has 0 aliphatic heterocycles. The zero-order valence-electron chi connectivity index (χ0n) is 10.8. The second kappa shape index (κ2) is 5.90. The third-order valence-corrected chi connectivity index (χ3v) is 2.65. The smallest absolute Gasteiger partial charge is 0.290 e. The van der Waals surface area contributed by atoms with E-state index < -0.39 is 0 Å². The van der Waals surface area contributed by atoms with Crippen LogP contribution in [0, 0.1) is 0 Å². The van der Waals surface area contributed by atoms with Crippen molar-refractivity contribution in [2.75, 3.05) is 19.5 Å². The number of aromatic nitrogens is 2. The number of hydrogen-bond acceptors (Lipinski definition) is 5. The van der Waals surface area contributed by atoms with Crippen LogP contribution in [0.3, 0.4) is 0 Å². The number of aromatic amines is 1. The van der Waals surface area contributed by atoms with Gasteiger partial charge in [-0.2, -0.15) is 0 Å². The molecule has 0 radical (unpaired) electrons. The van der Waals surface area contributed by atoms with E-state index in [1.807, 2.05) is 12.1 Å². The van der Waals surface area contributed by atoms with Gasteiger partial charge in [0.05, 0.1) is 14.2 Å². The Hall–Kier alpha value is -2.50. The fraction of sp³-hybridized carbons (Fsp3) is 0.231. The molecule has 6 nitrogen and oxygen atoms in total. The molecule has 6 heteroatoms. The SMILES string of the molecule is COc1ccc(CNc2ncc[nH]c2=O)c(OC)c1. The van der Waals surface area contributed by atoms with Crippen LogP contribution in [0.4, 0.5) is 5.82 Å². The fourth-order valence-electron chi connectivity index (χ4n) is 1.65. The van der Waals surface area contributed by atoms with Crippen LogP contribution in [0.15, 0.2) is 35.4 Å². The lowest BCUT2D eigenvalue weighted by atomic mass is 10.2. The van der Waals surface area contributed by atoms with Crippen molar-refractivity contribution >= 4 is 5.82 Å². The van der Waals surface area contributed by atoms with Gasteiger partial charge in [0.15, 0.2) is 5.82 Å². The van der Waals surface area contributed by atoms with E-state index >= 15 is 0 Å². The third kappa shape index (κ3) is 3.04. The number of nitrogens with one attached hydrogen (secondary N) is 2. The Bertz CT molecular complexity index is 610. The van der Waals surface area contributed by atoms with Crippen molar-refractivity contribution in [3.8, 4) is 11.5 Å². The standard InChI is InChI=1S/C13H15N3O3/c1-18-10-4-3-9(11(7-10)19-2)8-16-12-13(17)15-6-5-14-12/h3-7H,8H2,1-2H3,(H,14,16)(H,15,17). The van der Waals surface area contributed by atoms with Crippen LogP contribution in [0.25, 0.3) is 0 Å². The average molecular weight is 261 g/mol. The predicted molar refractivity (Wildman–Crippen MR) is 71.7 cm³/mol. The molecule has 2 N–H and O–H groups in total. The van der Waals surface area contributed by atoms with Crippen LogP contribution in [-0.2, 0) is 6.54 Å². The highest BCUT2D eigenvalue weighted by atomic mass is 16.5. The van der Waals surface area contributed by atoms with Gasteiger partial charge in [0.1, 0.15) is 11.5 Å². The number of nitrogens with zero attached hydrogens (tertiary/aromatic N) is 1. The highest BCUT2D eigenvalue weighted by Crippen LogP contribution is 2.24. The molecule has 0 aliphatic carbocycles. The maximum atomic E-state index is 11.5. The Morgan fingerprint density at radius 2 is 2.16 bits per heavy atom. The molecule has 0 atom stereocenters. The first-order valence-electron chi connectivity index (χ1n) is 5.73. The normalized spacial score (nSPS) is 10.0. The zero-order valence-corrected chi connectivity index (χ0v) is 10.8. The molecular weight excluding hydrogens is 246 g/mol. The van der Waals surface area contributed by atoms with Gasteiger partial charge in [0.25, 0.3) is 5.56 Å². The number of ether oxygens (including phenoxy) is 2. The van der Waals surface area contributed by atoms with Gasteiger partial charge < -0.3 is 19.8 Å². The summed E-state index contributed by atoms with van der Waals surface area (Å²) in [5.41, 5.74) is 0.656. The van der Waals surface area contributed by atoms with Gasteiger partial charge in [0, 0.05) is 30.6 Å². The summed E-state index contributed by atoms with van der Waals surface area (Å²) in [6, 6.07) is 5.50. The molecular formula is C13H15N3O3. The van der Waals surface area contributed by atoms with Crippen molar-refractivity contribution in [3.63, 3.8) is 0 Å². The van der Waals surface area contributed by atoms with Crippen molar-refractivity contribution in [2.24, 2.45) is 0 Å². The molecule has 0 saturated carbocycles. The fourth-order valence-corrected chi connectivity index (χ4v) is 1.65. The van der Waals surface area contributed by atoms with E-state index in [1.54, 1.807) is 20.3 Å². The van der Waals surface area contributed by atoms with Crippen molar-refractivity contribution in [2.45, 2.75) is 6.54 Å². The summed E-state index contributed by atoms with van der Waals surface area (Å²) < 4.78 is 10.4. The van der Waals surface area contributed by atoms with Crippen LogP contribution >= 0.6 is 0 Å². The topological polar surface area (TPSA) is 76.2 Å². The van der Waals surface area contributed by atoms with Gasteiger partial charge in [-0.15, -0.1) is 0 Å². The summed E-state index contributed by atoms with van der Waals surface area (Å²) >= 11 is 0. The minimum atomic E-state index is -0.255. The van der Waals surface area contributed by atoms with E-state index in [1.165, 1.54) is 12.4 Å². The van der Waals surface area contributed by atoms with E-state index in [0.29, 0.717) is 12.3 Å². The summed E-state index contributed by atoms with van der Waals surface area (Å²) in [6.45, 7) is 0.438. The Kier molecular flexibility index (Phi) is 4.02. The molecule has 0 fully saturated rings. The van der Waals surface area contributed by atoms with Crippen molar-refractivity contribution in [1.29, 1.82) is 0 Å². The number of hydrogen-bond donors (Lipinski definition) is 2. The Balaban J connectivity index is 2.15. The first-order chi connectivity index (χ1) is 9.24. The Labute approximate surface area is 110 Å². The molecule has 100 valence electrons. The number of benzene rings is 1. The van der Waals surface area contributed by atoms with Gasteiger partial charge in [-0.3, -0.25) is 4.79 Å². The van der Waals surface area contributed by atoms with E-state index in [0.717, 1.165) is 11.3 Å². The molecule has 0 aliphatic rings. The maximum absolute atomic E-state index is 11.5. The summed E-state index contributed by atoms with van der Waals surface area (Å²) in [5, 5.41) is 2.97. The molecule has 19 heavy (non-hydrogen) atoms. The number of H-pyrrole nitrogens is 1. The lowest BCUT2D eigenvalue weighted by Crippen LogP contribution is -2.15. The summed E-state index contributed by atoms with van der Waals surface area (Å²) in [6.07, 6.45) is 3.01. The van der Waals surface area contributed by atoms with Crippen LogP contribution in [-0.4, -0.2) is 24.2 Å². The molecule has 0 bridgehead atoms. The van der Waals surface area contributed by atoms with Gasteiger partial charge >= 0.3 is 0 Å². The van der Waals surface area contributed by atoms with Gasteiger partial charge in [0.2, 0.25) is 0 Å². The van der Waals surface area contributed by atoms with E-state index in [-0.39, 0.29) is 11.4 Å². The quantitative estimate of drug-likeness (QED) is 0.850. The van der Waals surface area contributed by atoms with E-state index in [9.17, 15) is 4.79 Å². The molecule has 1 aromatic heterocycles. The van der Waals surface area contributed by atoms with Crippen molar-refractivity contribution in [3.05, 3.63) is 46.5 Å². The second-order valence-corrected chi connectivity index (χ2v) is 3.80. The van der Waals surface area contributed by atoms with Crippen LogP contribution < -0.4 is 20.3 Å². The number of anilines is 1. The lowest BCUT2D eigenvalue weighted by molar-refractivity contribution is 0.391. The molecule has 0 amide bonds. The Morgan fingerprint density at radius 1 is 1.32 bits per heavy atom. The van der Waals surface area contributed by atoms with Gasteiger partial charge in [-0.25, -0.2) is 4.98 Å². The zero-order chi connectivity index (χ0) is 13.7. The molecule has 0 saturated heterocycles. The maximum Gasteiger partial charge on any atom is 0.290 e. The number of rotatable bonds is 5. The van der Waals surface area contributed by atoms with Crippen LogP contribution in [0.1, 0.15) is 5.56 Å². The van der Waals surface area contributed by atoms with E-state index in [2.05, 4.69) is 15.3 Å². The summed E-state index contributed by atoms with van der Waals surface area (Å²) in [7, 11) is 3.19. The highest BCUT2D eigenvalue weighted by Gasteiger charge is 2.06. The predicted octanol–water partition coefficient (Wildman–Crippen LogP) is 1.40. The number of methoxy groups -OCH3 is 2. The first-order valence-corrected chi connectivity index (χ1v) is 5.73. The lowest BCUT2D eigenvalue weighted by Gasteiger charge is -2.11. The summed E-state index contributed by atoms with van der Waals surface area (Å²) in [5.74, 6) is 1.69. The highest BCUT2D eigenvalue weighted by molar-refractivity contribution is 5.43. The van der Waals surface area contributed by atoms with Crippen LogP contribution in [0.5, 0.6) is 11.5 Å². The largest absolute Gasteiger partial charge is 0.497 e. The molecule has 2 rings (SSSR count). The molecule has 2 aromatic rings. The second-order valence-electron chi connectivity index (χ2n) is 3.80. The van der Waals surface area contributed by atoms with Crippen molar-refractivity contribution < 1.29 is 9.47 Å². The minimum absolute atomic E-state index is 0.255. The molecule has 1 aromatic carbocycles. The summed E-state index contributed by atoms with van der Waals surface area (Å²) in [4.78, 5) is 18.0. The molecule has 0 unspecified atom stereocenters. The van der Waals surface area contributed by atoms with Crippen LogP contribution in [0.2, 0.25) is 0 Å². The monoisotopic (exact) mass is 261 g/mol. The molecule has 1 heterocycles. The minimum Gasteiger partial charge on any atom is -0.497 e. The molecule has 0 spiro atoms. The first kappa shape index (κ1) is 12.9. The van der Waals surface area contributed by atoms with Gasteiger partial charge in [-0.05, 0) is 12.1 Å². The van der Waals surface area contributed by atoms with E-state index in [4.69, 9.17) is 9.47 Å². The average Bonchev–Trinajstić information content (AvgIpc) is 2.46. The van der Waals surface area contributed by atoms with Crippen molar-refractivity contribution in [1.82, 2.24) is 9.97 Å². The Morgan fingerprint density at radius 3 is 2.84 bits per heavy atom. The van der Waals surface area contributed by atoms with Gasteiger partial charge in [-0.1, -0.05) is 0 Å².